The van der Waals surface area contributed by atoms with Crippen molar-refractivity contribution in [3.8, 4) is 22.6 Å². The summed E-state index contributed by atoms with van der Waals surface area (Å²) in [7, 11) is 0. The van der Waals surface area contributed by atoms with Crippen LogP contribution >= 0.6 is 0 Å². The Hall–Kier alpha value is -1.96. The van der Waals surface area contributed by atoms with E-state index in [4.69, 9.17) is 9.47 Å². The topological polar surface area (TPSA) is 18.5 Å². The average Bonchev–Trinajstić information content (AvgIpc) is 2.54. The minimum atomic E-state index is 0.272. The Balaban J connectivity index is 2.35. The first kappa shape index (κ1) is 10.2. The highest BCUT2D eigenvalue weighted by atomic mass is 16.7. The Bertz CT molecular complexity index is 573. The third kappa shape index (κ3) is 1.57. The SMILES string of the molecule is Cc1ccc(C)c2c1OCOc1ccccc1-2. The Morgan fingerprint density at radius 1 is 0.882 bits per heavy atom. The molecule has 2 aromatic rings. The van der Waals surface area contributed by atoms with Crippen molar-refractivity contribution in [2.24, 2.45) is 0 Å². The van der Waals surface area contributed by atoms with Gasteiger partial charge in [-0.05, 0) is 31.0 Å². The molecule has 0 aliphatic carbocycles. The van der Waals surface area contributed by atoms with Gasteiger partial charge in [0.2, 0.25) is 6.79 Å². The average molecular weight is 226 g/mol. The summed E-state index contributed by atoms with van der Waals surface area (Å²) in [6, 6.07) is 12.3. The van der Waals surface area contributed by atoms with Crippen LogP contribution < -0.4 is 9.47 Å². The zero-order valence-corrected chi connectivity index (χ0v) is 9.99. The number of aryl methyl sites for hydroxylation is 2. The third-order valence-corrected chi connectivity index (χ3v) is 3.14. The van der Waals surface area contributed by atoms with Crippen LogP contribution in [0, 0.1) is 13.8 Å². The lowest BCUT2D eigenvalue weighted by Crippen LogP contribution is -2.04. The highest BCUT2D eigenvalue weighted by Gasteiger charge is 2.19. The van der Waals surface area contributed by atoms with Gasteiger partial charge in [-0.25, -0.2) is 0 Å². The predicted octanol–water partition coefficient (Wildman–Crippen LogP) is 3.70. The minimum Gasteiger partial charge on any atom is -0.457 e. The number of benzene rings is 2. The van der Waals surface area contributed by atoms with Gasteiger partial charge in [-0.15, -0.1) is 0 Å². The Morgan fingerprint density at radius 2 is 1.65 bits per heavy atom. The lowest BCUT2D eigenvalue weighted by Gasteiger charge is -2.12. The van der Waals surface area contributed by atoms with Crippen molar-refractivity contribution < 1.29 is 9.47 Å². The summed E-state index contributed by atoms with van der Waals surface area (Å²) in [5.74, 6) is 1.83. The fourth-order valence-electron chi connectivity index (χ4n) is 2.26. The van der Waals surface area contributed by atoms with Gasteiger partial charge in [0.25, 0.3) is 0 Å². The monoisotopic (exact) mass is 226 g/mol. The minimum absolute atomic E-state index is 0.272. The molecule has 0 N–H and O–H groups in total. The molecule has 2 heteroatoms. The molecule has 2 nitrogen and oxygen atoms in total. The number of hydrogen-bond acceptors (Lipinski definition) is 2. The van der Waals surface area contributed by atoms with Gasteiger partial charge in [-0.1, -0.05) is 30.3 Å². The van der Waals surface area contributed by atoms with Crippen LogP contribution in [0.25, 0.3) is 11.1 Å². The molecule has 86 valence electrons. The van der Waals surface area contributed by atoms with Crippen molar-refractivity contribution in [1.29, 1.82) is 0 Å². The van der Waals surface area contributed by atoms with Crippen LogP contribution in [0.5, 0.6) is 11.5 Å². The molecule has 1 heterocycles. The summed E-state index contributed by atoms with van der Waals surface area (Å²) in [6.45, 7) is 4.43. The van der Waals surface area contributed by atoms with Gasteiger partial charge in [0.1, 0.15) is 11.5 Å². The lowest BCUT2D eigenvalue weighted by molar-refractivity contribution is 0.124. The summed E-state index contributed by atoms with van der Waals surface area (Å²) in [4.78, 5) is 0. The van der Waals surface area contributed by atoms with Crippen LogP contribution in [-0.4, -0.2) is 6.79 Å². The molecule has 0 fully saturated rings. The molecule has 0 aromatic heterocycles. The Kier molecular flexibility index (Phi) is 2.29. The molecular formula is C15H14O2. The van der Waals surface area contributed by atoms with Crippen molar-refractivity contribution in [3.63, 3.8) is 0 Å². The van der Waals surface area contributed by atoms with E-state index in [0.717, 1.165) is 28.2 Å². The van der Waals surface area contributed by atoms with Crippen molar-refractivity contribution in [1.82, 2.24) is 0 Å². The van der Waals surface area contributed by atoms with E-state index in [0.29, 0.717) is 0 Å². The zero-order chi connectivity index (χ0) is 11.8. The first-order chi connectivity index (χ1) is 8.27. The predicted molar refractivity (Wildman–Crippen MR) is 67.5 cm³/mol. The number of para-hydroxylation sites is 1. The van der Waals surface area contributed by atoms with E-state index in [9.17, 15) is 0 Å². The van der Waals surface area contributed by atoms with Gasteiger partial charge in [0, 0.05) is 11.1 Å². The second kappa shape index (κ2) is 3.81. The van der Waals surface area contributed by atoms with Crippen LogP contribution in [0.1, 0.15) is 11.1 Å². The van der Waals surface area contributed by atoms with Gasteiger partial charge < -0.3 is 9.47 Å². The molecule has 0 amide bonds. The lowest BCUT2D eigenvalue weighted by atomic mass is 9.96. The number of hydrogen-bond donors (Lipinski definition) is 0. The van der Waals surface area contributed by atoms with Crippen molar-refractivity contribution >= 4 is 0 Å². The molecule has 2 aromatic carbocycles. The molecule has 0 saturated heterocycles. The number of fused-ring (bicyclic) bond motifs is 3. The van der Waals surface area contributed by atoms with E-state index in [-0.39, 0.29) is 6.79 Å². The van der Waals surface area contributed by atoms with Crippen LogP contribution in [0.15, 0.2) is 36.4 Å². The van der Waals surface area contributed by atoms with E-state index in [1.54, 1.807) is 0 Å². The Morgan fingerprint density at radius 3 is 2.53 bits per heavy atom. The van der Waals surface area contributed by atoms with E-state index in [1.165, 1.54) is 5.56 Å². The molecule has 17 heavy (non-hydrogen) atoms. The van der Waals surface area contributed by atoms with E-state index < -0.39 is 0 Å². The summed E-state index contributed by atoms with van der Waals surface area (Å²) >= 11 is 0. The molecule has 3 rings (SSSR count). The molecular weight excluding hydrogens is 212 g/mol. The van der Waals surface area contributed by atoms with Crippen LogP contribution in [-0.2, 0) is 0 Å². The van der Waals surface area contributed by atoms with Gasteiger partial charge in [0.05, 0.1) is 0 Å². The number of ether oxygens (including phenoxy) is 2. The standard InChI is InChI=1S/C15H14O2/c1-10-7-8-11(2)15-14(10)12-5-3-4-6-13(12)16-9-17-15/h3-8H,9H2,1-2H3. The molecule has 0 unspecified atom stereocenters. The van der Waals surface area contributed by atoms with Crippen LogP contribution in [0.2, 0.25) is 0 Å². The van der Waals surface area contributed by atoms with E-state index in [1.807, 2.05) is 18.2 Å². The van der Waals surface area contributed by atoms with Crippen molar-refractivity contribution in [2.75, 3.05) is 6.79 Å². The van der Waals surface area contributed by atoms with Gasteiger partial charge in [0.15, 0.2) is 0 Å². The van der Waals surface area contributed by atoms with Gasteiger partial charge >= 0.3 is 0 Å². The zero-order valence-electron chi connectivity index (χ0n) is 9.99. The molecule has 0 saturated carbocycles. The largest absolute Gasteiger partial charge is 0.457 e. The highest BCUT2D eigenvalue weighted by molar-refractivity contribution is 5.80. The molecule has 0 bridgehead atoms. The second-order valence-corrected chi connectivity index (χ2v) is 4.31. The van der Waals surface area contributed by atoms with Crippen molar-refractivity contribution in [3.05, 3.63) is 47.5 Å². The second-order valence-electron chi connectivity index (χ2n) is 4.31. The van der Waals surface area contributed by atoms with Crippen molar-refractivity contribution in [2.45, 2.75) is 13.8 Å². The molecule has 0 radical (unpaired) electrons. The van der Waals surface area contributed by atoms with Crippen LogP contribution in [0.4, 0.5) is 0 Å². The quantitative estimate of drug-likeness (QED) is 0.682. The number of rotatable bonds is 0. The summed E-state index contributed by atoms with van der Waals surface area (Å²) in [5.41, 5.74) is 4.62. The van der Waals surface area contributed by atoms with E-state index in [2.05, 4.69) is 32.0 Å². The smallest absolute Gasteiger partial charge is 0.230 e. The Labute approximate surface area is 101 Å². The fraction of sp³-hybridized carbons (Fsp3) is 0.200. The maximum Gasteiger partial charge on any atom is 0.230 e. The highest BCUT2D eigenvalue weighted by Crippen LogP contribution is 2.42. The summed E-state index contributed by atoms with van der Waals surface area (Å²) in [5, 5.41) is 0. The first-order valence-electron chi connectivity index (χ1n) is 5.72. The van der Waals surface area contributed by atoms with Crippen LogP contribution in [0.3, 0.4) is 0 Å². The maximum absolute atomic E-state index is 5.72. The summed E-state index contributed by atoms with van der Waals surface area (Å²) in [6.07, 6.45) is 0. The molecule has 1 aliphatic heterocycles. The normalized spacial score (nSPS) is 12.8. The van der Waals surface area contributed by atoms with E-state index >= 15 is 0 Å². The third-order valence-electron chi connectivity index (χ3n) is 3.14. The van der Waals surface area contributed by atoms with Gasteiger partial charge in [-0.3, -0.25) is 0 Å². The molecule has 0 spiro atoms. The first-order valence-corrected chi connectivity index (χ1v) is 5.72. The summed E-state index contributed by atoms with van der Waals surface area (Å²) < 4.78 is 11.3. The molecule has 0 atom stereocenters. The maximum atomic E-state index is 5.72. The molecule has 1 aliphatic rings. The fourth-order valence-corrected chi connectivity index (χ4v) is 2.26. The van der Waals surface area contributed by atoms with Gasteiger partial charge in [-0.2, -0.15) is 0 Å².